The second-order valence-electron chi connectivity index (χ2n) is 6.76. The molecule has 2 aromatic rings. The fourth-order valence-electron chi connectivity index (χ4n) is 3.77. The van der Waals surface area contributed by atoms with E-state index < -0.39 is 0 Å². The van der Waals surface area contributed by atoms with E-state index in [0.29, 0.717) is 13.1 Å². The summed E-state index contributed by atoms with van der Waals surface area (Å²) in [5.41, 5.74) is 1.83. The molecule has 4 rings (SSSR count). The van der Waals surface area contributed by atoms with Crippen molar-refractivity contribution in [1.29, 1.82) is 0 Å². The number of nitrogens with zero attached hydrogens (tertiary/aromatic N) is 3. The van der Waals surface area contributed by atoms with Crippen LogP contribution in [0.3, 0.4) is 0 Å². The van der Waals surface area contributed by atoms with Gasteiger partial charge in [-0.05, 0) is 25.0 Å². The average Bonchev–Trinajstić information content (AvgIpc) is 3.12. The van der Waals surface area contributed by atoms with E-state index in [1.165, 1.54) is 0 Å². The zero-order valence-corrected chi connectivity index (χ0v) is 14.6. The smallest absolute Gasteiger partial charge is 0.317 e. The van der Waals surface area contributed by atoms with E-state index in [0.717, 1.165) is 42.4 Å². The van der Waals surface area contributed by atoms with Gasteiger partial charge in [0.2, 0.25) is 5.91 Å². The first-order valence-corrected chi connectivity index (χ1v) is 9.07. The first-order valence-electron chi connectivity index (χ1n) is 9.07. The summed E-state index contributed by atoms with van der Waals surface area (Å²) >= 11 is 0. The van der Waals surface area contributed by atoms with Crippen molar-refractivity contribution in [1.82, 2.24) is 20.1 Å². The number of carbonyl (C=O) groups excluding carboxylic acids is 2. The van der Waals surface area contributed by atoms with Crippen molar-refractivity contribution in [3.05, 3.63) is 48.2 Å². The summed E-state index contributed by atoms with van der Waals surface area (Å²) in [7, 11) is 0. The minimum Gasteiger partial charge on any atom is -0.337 e. The number of hydrogen-bond acceptors (Lipinski definition) is 3. The van der Waals surface area contributed by atoms with Gasteiger partial charge in [0.05, 0.1) is 11.6 Å². The van der Waals surface area contributed by atoms with E-state index >= 15 is 0 Å². The number of pyridine rings is 1. The number of piperidine rings is 1. The number of rotatable bonds is 3. The lowest BCUT2D eigenvalue weighted by atomic mass is 10.0. The minimum absolute atomic E-state index is 0.0118. The fourth-order valence-corrected chi connectivity index (χ4v) is 3.77. The van der Waals surface area contributed by atoms with Gasteiger partial charge in [-0.15, -0.1) is 0 Å². The Hall–Kier alpha value is -2.89. The molecule has 2 aliphatic heterocycles. The predicted octanol–water partition coefficient (Wildman–Crippen LogP) is 2.26. The van der Waals surface area contributed by atoms with Crippen molar-refractivity contribution < 1.29 is 9.59 Å². The SMILES string of the molecule is O=C(/C=C/c1cccc2cccnc12)N1CCCC(N2CCNC2=O)C1. The number of fused-ring (bicyclic) bond motifs is 1. The predicted molar refractivity (Wildman–Crippen MR) is 100 cm³/mol. The summed E-state index contributed by atoms with van der Waals surface area (Å²) in [4.78, 5) is 32.6. The average molecular weight is 350 g/mol. The van der Waals surface area contributed by atoms with Crippen molar-refractivity contribution in [3.8, 4) is 0 Å². The number of urea groups is 1. The van der Waals surface area contributed by atoms with Crippen LogP contribution in [0.2, 0.25) is 0 Å². The number of hydrogen-bond donors (Lipinski definition) is 1. The molecule has 3 amide bonds. The molecule has 0 saturated carbocycles. The van der Waals surface area contributed by atoms with E-state index in [9.17, 15) is 9.59 Å². The maximum absolute atomic E-state index is 12.6. The molecule has 2 fully saturated rings. The second kappa shape index (κ2) is 7.15. The normalized spacial score (nSPS) is 20.8. The molecule has 2 saturated heterocycles. The Kier molecular flexibility index (Phi) is 4.56. The van der Waals surface area contributed by atoms with Gasteiger partial charge in [-0.2, -0.15) is 0 Å². The molecule has 3 heterocycles. The Morgan fingerprint density at radius 2 is 2.12 bits per heavy atom. The van der Waals surface area contributed by atoms with Crippen LogP contribution < -0.4 is 5.32 Å². The summed E-state index contributed by atoms with van der Waals surface area (Å²) in [5.74, 6) is -0.0118. The van der Waals surface area contributed by atoms with Crippen molar-refractivity contribution in [3.63, 3.8) is 0 Å². The number of carbonyl (C=O) groups is 2. The van der Waals surface area contributed by atoms with Crippen molar-refractivity contribution >= 4 is 28.9 Å². The molecule has 1 unspecified atom stereocenters. The van der Waals surface area contributed by atoms with Gasteiger partial charge in [-0.25, -0.2) is 4.79 Å². The zero-order valence-electron chi connectivity index (χ0n) is 14.6. The number of benzene rings is 1. The third-order valence-corrected chi connectivity index (χ3v) is 5.11. The maximum atomic E-state index is 12.6. The molecular weight excluding hydrogens is 328 g/mol. The first-order chi connectivity index (χ1) is 12.7. The summed E-state index contributed by atoms with van der Waals surface area (Å²) in [6.07, 6.45) is 7.09. The van der Waals surface area contributed by atoms with Gasteiger partial charge in [-0.3, -0.25) is 9.78 Å². The van der Waals surface area contributed by atoms with Crippen LogP contribution in [0.1, 0.15) is 18.4 Å². The fraction of sp³-hybridized carbons (Fsp3) is 0.350. The van der Waals surface area contributed by atoms with Gasteiger partial charge in [-0.1, -0.05) is 24.3 Å². The van der Waals surface area contributed by atoms with Gasteiger partial charge in [0.1, 0.15) is 0 Å². The molecule has 26 heavy (non-hydrogen) atoms. The molecule has 134 valence electrons. The first kappa shape index (κ1) is 16.6. The maximum Gasteiger partial charge on any atom is 0.317 e. The Morgan fingerprint density at radius 1 is 1.23 bits per heavy atom. The lowest BCUT2D eigenvalue weighted by molar-refractivity contribution is -0.127. The molecule has 2 aliphatic rings. The molecule has 1 aromatic carbocycles. The van der Waals surface area contributed by atoms with Crippen LogP contribution in [0.4, 0.5) is 4.79 Å². The summed E-state index contributed by atoms with van der Waals surface area (Å²) < 4.78 is 0. The number of amides is 3. The Bertz CT molecular complexity index is 859. The van der Waals surface area contributed by atoms with Gasteiger partial charge in [0.15, 0.2) is 0 Å². The van der Waals surface area contributed by atoms with E-state index in [4.69, 9.17) is 0 Å². The van der Waals surface area contributed by atoms with E-state index in [1.54, 1.807) is 12.3 Å². The highest BCUT2D eigenvalue weighted by Gasteiger charge is 2.32. The molecule has 0 bridgehead atoms. The Balaban J connectivity index is 1.47. The summed E-state index contributed by atoms with van der Waals surface area (Å²) in [6.45, 7) is 2.76. The van der Waals surface area contributed by atoms with Crippen LogP contribution in [0.5, 0.6) is 0 Å². The lowest BCUT2D eigenvalue weighted by Gasteiger charge is -2.36. The van der Waals surface area contributed by atoms with Gasteiger partial charge < -0.3 is 15.1 Å². The van der Waals surface area contributed by atoms with Gasteiger partial charge >= 0.3 is 6.03 Å². The zero-order chi connectivity index (χ0) is 17.9. The highest BCUT2D eigenvalue weighted by molar-refractivity contribution is 5.95. The number of para-hydroxylation sites is 1. The van der Waals surface area contributed by atoms with Gasteiger partial charge in [0.25, 0.3) is 0 Å². The van der Waals surface area contributed by atoms with Crippen molar-refractivity contribution in [2.75, 3.05) is 26.2 Å². The van der Waals surface area contributed by atoms with E-state index in [-0.39, 0.29) is 18.0 Å². The van der Waals surface area contributed by atoms with Gasteiger partial charge in [0, 0.05) is 49.4 Å². The second-order valence-corrected chi connectivity index (χ2v) is 6.76. The molecule has 6 nitrogen and oxygen atoms in total. The molecule has 0 radical (unpaired) electrons. The molecule has 6 heteroatoms. The van der Waals surface area contributed by atoms with Crippen molar-refractivity contribution in [2.45, 2.75) is 18.9 Å². The Labute approximate surface area is 152 Å². The topological polar surface area (TPSA) is 65.5 Å². The van der Waals surface area contributed by atoms with E-state index in [2.05, 4.69) is 10.3 Å². The van der Waals surface area contributed by atoms with Crippen LogP contribution in [0, 0.1) is 0 Å². The van der Waals surface area contributed by atoms with Crippen LogP contribution >= 0.6 is 0 Å². The van der Waals surface area contributed by atoms with Crippen LogP contribution in [0.15, 0.2) is 42.6 Å². The molecule has 1 N–H and O–H groups in total. The van der Waals surface area contributed by atoms with Crippen LogP contribution in [-0.2, 0) is 4.79 Å². The standard InChI is InChI=1S/C20H22N4O2/c25-18(9-8-16-5-1-4-15-6-2-10-21-19(15)16)23-12-3-7-17(14-23)24-13-11-22-20(24)26/h1-2,4-6,8-10,17H,3,7,11-14H2,(H,22,26)/b9-8+. The molecule has 0 aliphatic carbocycles. The Morgan fingerprint density at radius 3 is 2.96 bits per heavy atom. The molecule has 1 aromatic heterocycles. The van der Waals surface area contributed by atoms with Crippen LogP contribution in [0.25, 0.3) is 17.0 Å². The number of likely N-dealkylation sites (tertiary alicyclic amines) is 1. The van der Waals surface area contributed by atoms with Crippen LogP contribution in [-0.4, -0.2) is 58.9 Å². The molecular formula is C20H22N4O2. The summed E-state index contributed by atoms with van der Waals surface area (Å²) in [5, 5.41) is 3.89. The quantitative estimate of drug-likeness (QED) is 0.864. The highest BCUT2D eigenvalue weighted by Crippen LogP contribution is 2.20. The lowest BCUT2D eigenvalue weighted by Crippen LogP contribution is -2.50. The number of aromatic nitrogens is 1. The molecule has 1 atom stereocenters. The minimum atomic E-state index is -0.0123. The number of nitrogens with one attached hydrogen (secondary N) is 1. The largest absolute Gasteiger partial charge is 0.337 e. The van der Waals surface area contributed by atoms with E-state index in [1.807, 2.05) is 46.2 Å². The monoisotopic (exact) mass is 350 g/mol. The third kappa shape index (κ3) is 3.27. The highest BCUT2D eigenvalue weighted by atomic mass is 16.2. The van der Waals surface area contributed by atoms with Crippen molar-refractivity contribution in [2.24, 2.45) is 0 Å². The third-order valence-electron chi connectivity index (χ3n) is 5.11. The summed E-state index contributed by atoms with van der Waals surface area (Å²) in [6, 6.07) is 9.97. The molecule has 0 spiro atoms.